The van der Waals surface area contributed by atoms with Crippen LogP contribution >= 0.6 is 31.9 Å². The highest BCUT2D eigenvalue weighted by Gasteiger charge is 2.62. The molecule has 2 aliphatic carbocycles. The van der Waals surface area contributed by atoms with Gasteiger partial charge in [0.15, 0.2) is 0 Å². The van der Waals surface area contributed by atoms with E-state index in [1.807, 2.05) is 54.6 Å². The minimum Gasteiger partial charge on any atom is -0.274 e. The second-order valence-electron chi connectivity index (χ2n) is 8.68. The highest BCUT2D eigenvalue weighted by Crippen LogP contribution is 2.58. The smallest absolute Gasteiger partial charge is 0.238 e. The van der Waals surface area contributed by atoms with Crippen LogP contribution in [0.5, 0.6) is 0 Å². The molecular formula is C28H19Br2NO2. The third kappa shape index (κ3) is 3.21. The maximum atomic E-state index is 13.6. The largest absolute Gasteiger partial charge is 0.274 e. The van der Waals surface area contributed by atoms with E-state index in [1.54, 1.807) is 0 Å². The maximum absolute atomic E-state index is 13.6. The van der Waals surface area contributed by atoms with E-state index in [0.717, 1.165) is 25.6 Å². The number of allylic oxidation sites excluding steroid dienone is 3. The fourth-order valence-corrected chi connectivity index (χ4v) is 6.19. The minimum atomic E-state index is -0.344. The molecule has 1 saturated heterocycles. The predicted molar refractivity (Wildman–Crippen MR) is 136 cm³/mol. The molecule has 0 spiro atoms. The average Bonchev–Trinajstić information content (AvgIpc) is 3.46. The van der Waals surface area contributed by atoms with Crippen LogP contribution in [0.3, 0.4) is 0 Å². The molecule has 3 nitrogen and oxygen atoms in total. The third-order valence-electron chi connectivity index (χ3n) is 6.98. The molecule has 1 saturated carbocycles. The average molecular weight is 561 g/mol. The zero-order valence-corrected chi connectivity index (χ0v) is 20.7. The maximum Gasteiger partial charge on any atom is 0.238 e. The van der Waals surface area contributed by atoms with Crippen LogP contribution in [0.2, 0.25) is 0 Å². The molecule has 33 heavy (non-hydrogen) atoms. The first-order valence-corrected chi connectivity index (χ1v) is 12.5. The first-order chi connectivity index (χ1) is 16.0. The zero-order valence-electron chi connectivity index (χ0n) is 17.5. The molecule has 4 atom stereocenters. The molecule has 1 aliphatic heterocycles. The summed E-state index contributed by atoms with van der Waals surface area (Å²) in [5.74, 6) is -1.01. The molecule has 2 amide bonds. The molecule has 6 rings (SSSR count). The summed E-state index contributed by atoms with van der Waals surface area (Å²) in [5.41, 5.74) is 5.15. The van der Waals surface area contributed by atoms with E-state index in [0.29, 0.717) is 5.69 Å². The fraction of sp³-hybridized carbons (Fsp3) is 0.143. The number of anilines is 1. The fourth-order valence-electron chi connectivity index (χ4n) is 5.66. The molecule has 162 valence electrons. The lowest BCUT2D eigenvalue weighted by Gasteiger charge is -2.21. The lowest BCUT2D eigenvalue weighted by atomic mass is 9.85. The predicted octanol–water partition coefficient (Wildman–Crippen LogP) is 6.64. The molecule has 2 bridgehead atoms. The van der Waals surface area contributed by atoms with Crippen LogP contribution in [-0.4, -0.2) is 11.8 Å². The van der Waals surface area contributed by atoms with Crippen molar-refractivity contribution in [2.45, 2.75) is 0 Å². The summed E-state index contributed by atoms with van der Waals surface area (Å²) in [6, 6.07) is 25.8. The molecule has 3 aromatic carbocycles. The van der Waals surface area contributed by atoms with Crippen molar-refractivity contribution in [3.05, 3.63) is 117 Å². The summed E-state index contributed by atoms with van der Waals surface area (Å²) in [6.07, 6.45) is 4.27. The van der Waals surface area contributed by atoms with Crippen molar-refractivity contribution in [3.8, 4) is 0 Å². The van der Waals surface area contributed by atoms with Gasteiger partial charge in [0.25, 0.3) is 0 Å². The molecule has 3 aromatic rings. The topological polar surface area (TPSA) is 37.4 Å². The first-order valence-electron chi connectivity index (χ1n) is 10.9. The van der Waals surface area contributed by atoms with E-state index in [9.17, 15) is 9.59 Å². The van der Waals surface area contributed by atoms with Crippen molar-refractivity contribution < 1.29 is 9.59 Å². The monoisotopic (exact) mass is 559 g/mol. The van der Waals surface area contributed by atoms with Crippen molar-refractivity contribution >= 4 is 54.9 Å². The Morgan fingerprint density at radius 1 is 0.636 bits per heavy atom. The Morgan fingerprint density at radius 2 is 1.09 bits per heavy atom. The van der Waals surface area contributed by atoms with Gasteiger partial charge in [-0.3, -0.25) is 9.59 Å². The van der Waals surface area contributed by atoms with Crippen molar-refractivity contribution in [1.29, 1.82) is 0 Å². The number of benzene rings is 3. The quantitative estimate of drug-likeness (QED) is 0.266. The highest BCUT2D eigenvalue weighted by atomic mass is 79.9. The van der Waals surface area contributed by atoms with Gasteiger partial charge in [-0.1, -0.05) is 86.5 Å². The van der Waals surface area contributed by atoms with Gasteiger partial charge in [-0.15, -0.1) is 0 Å². The lowest BCUT2D eigenvalue weighted by Crippen LogP contribution is -2.33. The minimum absolute atomic E-state index is 0.0764. The van der Waals surface area contributed by atoms with Gasteiger partial charge in [0, 0.05) is 20.8 Å². The third-order valence-corrected chi connectivity index (χ3v) is 8.04. The molecule has 5 heteroatoms. The van der Waals surface area contributed by atoms with Crippen molar-refractivity contribution in [3.63, 3.8) is 0 Å². The number of hydrogen-bond donors (Lipinski definition) is 0. The Kier molecular flexibility index (Phi) is 5.00. The van der Waals surface area contributed by atoms with Crippen LogP contribution < -0.4 is 4.90 Å². The van der Waals surface area contributed by atoms with Crippen LogP contribution in [0.1, 0.15) is 11.1 Å². The van der Waals surface area contributed by atoms with Crippen LogP contribution in [0.4, 0.5) is 5.69 Å². The van der Waals surface area contributed by atoms with E-state index in [-0.39, 0.29) is 35.5 Å². The molecular weight excluding hydrogens is 542 g/mol. The van der Waals surface area contributed by atoms with Gasteiger partial charge >= 0.3 is 0 Å². The molecule has 0 N–H and O–H groups in total. The molecule has 0 aromatic heterocycles. The number of para-hydroxylation sites is 1. The second kappa shape index (κ2) is 7.93. The number of rotatable bonds is 3. The van der Waals surface area contributed by atoms with E-state index in [4.69, 9.17) is 0 Å². The highest BCUT2D eigenvalue weighted by molar-refractivity contribution is 9.10. The standard InChI is InChI=1S/C28H19Br2NO2/c29-18-10-6-16(7-11-18)23(17-8-12-19(30)13-9-17)24-21-14-15-22(24)26-25(21)27(32)31(28(26)33)20-4-2-1-3-5-20/h1-15,21-22,25-26H. The number of amides is 2. The number of imide groups is 1. The second-order valence-corrected chi connectivity index (χ2v) is 10.5. The van der Waals surface area contributed by atoms with Crippen LogP contribution in [0.25, 0.3) is 5.57 Å². The summed E-state index contributed by atoms with van der Waals surface area (Å²) in [5, 5.41) is 0. The Hall–Kier alpha value is -2.76. The van der Waals surface area contributed by atoms with E-state index < -0.39 is 0 Å². The van der Waals surface area contributed by atoms with Crippen molar-refractivity contribution in [2.24, 2.45) is 23.7 Å². The van der Waals surface area contributed by atoms with Gasteiger partial charge in [-0.2, -0.15) is 0 Å². The zero-order chi connectivity index (χ0) is 22.7. The van der Waals surface area contributed by atoms with Gasteiger partial charge in [0.2, 0.25) is 11.8 Å². The van der Waals surface area contributed by atoms with Crippen molar-refractivity contribution in [1.82, 2.24) is 0 Å². The van der Waals surface area contributed by atoms with E-state index in [1.165, 1.54) is 10.5 Å². The van der Waals surface area contributed by atoms with Crippen LogP contribution in [0.15, 0.2) is 106 Å². The van der Waals surface area contributed by atoms with Crippen LogP contribution in [-0.2, 0) is 9.59 Å². The molecule has 2 fully saturated rings. The number of carbonyl (C=O) groups is 2. The Balaban J connectivity index is 1.50. The summed E-state index contributed by atoms with van der Waals surface area (Å²) in [7, 11) is 0. The number of hydrogen-bond acceptors (Lipinski definition) is 2. The summed E-state index contributed by atoms with van der Waals surface area (Å²) >= 11 is 7.07. The van der Waals surface area contributed by atoms with E-state index in [2.05, 4.69) is 68.3 Å². The summed E-state index contributed by atoms with van der Waals surface area (Å²) < 4.78 is 2.03. The van der Waals surface area contributed by atoms with Gasteiger partial charge in [0.05, 0.1) is 17.5 Å². The number of halogens is 2. The Bertz CT molecular complexity index is 1250. The SMILES string of the molecule is O=C1C2C3C=CC(C3=C(c3ccc(Br)cc3)c3ccc(Br)cc3)C2C(=O)N1c1ccccc1. The van der Waals surface area contributed by atoms with Gasteiger partial charge in [-0.05, 0) is 58.7 Å². The normalized spacial score (nSPS) is 25.2. The van der Waals surface area contributed by atoms with Crippen LogP contribution in [0, 0.1) is 23.7 Å². The molecule has 4 unspecified atom stereocenters. The molecule has 1 heterocycles. The summed E-state index contributed by atoms with van der Waals surface area (Å²) in [6.45, 7) is 0. The number of nitrogens with zero attached hydrogens (tertiary/aromatic N) is 1. The van der Waals surface area contributed by atoms with Gasteiger partial charge in [-0.25, -0.2) is 4.90 Å². The summed E-state index contributed by atoms with van der Waals surface area (Å²) in [4.78, 5) is 28.5. The van der Waals surface area contributed by atoms with E-state index >= 15 is 0 Å². The molecule has 3 aliphatic rings. The Morgan fingerprint density at radius 3 is 1.55 bits per heavy atom. The Labute approximate surface area is 209 Å². The van der Waals surface area contributed by atoms with Gasteiger partial charge < -0.3 is 0 Å². The lowest BCUT2D eigenvalue weighted by molar-refractivity contribution is -0.122. The first kappa shape index (κ1) is 20.8. The van der Waals surface area contributed by atoms with Gasteiger partial charge in [0.1, 0.15) is 0 Å². The number of carbonyl (C=O) groups excluding carboxylic acids is 2. The van der Waals surface area contributed by atoms with Crippen molar-refractivity contribution in [2.75, 3.05) is 4.90 Å². The number of fused-ring (bicyclic) bond motifs is 5. The molecule has 0 radical (unpaired) electrons.